The number of benzene rings is 2. The van der Waals surface area contributed by atoms with Crippen molar-refractivity contribution < 1.29 is 13.9 Å². The van der Waals surface area contributed by atoms with E-state index in [4.69, 9.17) is 21.4 Å². The highest BCUT2D eigenvalue weighted by molar-refractivity contribution is 9.10. The van der Waals surface area contributed by atoms with E-state index >= 15 is 0 Å². The molecule has 176 valence electrons. The number of halogens is 1. The fraction of sp³-hybridized carbons (Fsp3) is 0.148. The van der Waals surface area contributed by atoms with Crippen LogP contribution < -0.4 is 10.2 Å². The molecule has 0 unspecified atom stereocenters. The number of nitrogens with one attached hydrogen (secondary N) is 1. The molecule has 2 aromatic heterocycles. The third-order valence-corrected chi connectivity index (χ3v) is 7.23. The number of anilines is 1. The van der Waals surface area contributed by atoms with Gasteiger partial charge in [0.05, 0.1) is 24.4 Å². The van der Waals surface area contributed by atoms with Crippen LogP contribution in [0.15, 0.2) is 87.9 Å². The maximum atomic E-state index is 11.8. The molecular weight excluding hydrogens is 526 g/mol. The average Bonchev–Trinajstić information content (AvgIpc) is 3.50. The smallest absolute Gasteiger partial charge is 0.337 e. The van der Waals surface area contributed by atoms with E-state index in [9.17, 15) is 4.79 Å². The summed E-state index contributed by atoms with van der Waals surface area (Å²) in [6.45, 7) is 2.05. The Morgan fingerprint density at radius 2 is 1.91 bits per heavy atom. The predicted molar refractivity (Wildman–Crippen MR) is 142 cm³/mol. The standard InChI is InChI=1S/C27H22BrN3O3S/c1-16-15-19(10-11-20(16)28)31-25(24(30-27(31)35)21-5-3-4-14-29-21)23-13-12-22(34-23)17-6-8-18(9-7-17)26(32)33-2/h3-15,24-25H,1-2H3,(H,30,35)/t24-,25-/m1/s1. The second-order valence-corrected chi connectivity index (χ2v) is 9.44. The largest absolute Gasteiger partial charge is 0.465 e. The summed E-state index contributed by atoms with van der Waals surface area (Å²) in [7, 11) is 1.37. The highest BCUT2D eigenvalue weighted by Gasteiger charge is 2.42. The van der Waals surface area contributed by atoms with Crippen molar-refractivity contribution in [1.29, 1.82) is 0 Å². The Labute approximate surface area is 217 Å². The molecule has 1 aliphatic heterocycles. The molecule has 1 fully saturated rings. The summed E-state index contributed by atoms with van der Waals surface area (Å²) in [6.07, 6.45) is 1.78. The molecule has 2 aromatic carbocycles. The van der Waals surface area contributed by atoms with Crippen LogP contribution in [0.1, 0.15) is 39.5 Å². The lowest BCUT2D eigenvalue weighted by Gasteiger charge is -2.26. The molecule has 5 rings (SSSR count). The van der Waals surface area contributed by atoms with Crippen LogP contribution in [0.2, 0.25) is 0 Å². The summed E-state index contributed by atoms with van der Waals surface area (Å²) in [5.74, 6) is 1.07. The maximum Gasteiger partial charge on any atom is 0.337 e. The molecule has 1 saturated heterocycles. The van der Waals surface area contributed by atoms with Gasteiger partial charge in [-0.05, 0) is 79.3 Å². The van der Waals surface area contributed by atoms with Crippen LogP contribution in [0.25, 0.3) is 11.3 Å². The molecule has 1 N–H and O–H groups in total. The van der Waals surface area contributed by atoms with Gasteiger partial charge in [0.25, 0.3) is 0 Å². The average molecular weight is 548 g/mol. The molecule has 0 amide bonds. The van der Waals surface area contributed by atoms with Gasteiger partial charge >= 0.3 is 5.97 Å². The van der Waals surface area contributed by atoms with Crippen LogP contribution in [0, 0.1) is 6.92 Å². The lowest BCUT2D eigenvalue weighted by molar-refractivity contribution is 0.0600. The zero-order valence-corrected chi connectivity index (χ0v) is 21.5. The summed E-state index contributed by atoms with van der Waals surface area (Å²) in [4.78, 5) is 18.4. The number of aromatic nitrogens is 1. The SMILES string of the molecule is COC(=O)c1ccc(-c2ccc([C@@H]3[C@@H](c4ccccn4)NC(=S)N3c3ccc(Br)c(C)c3)o2)cc1. The monoisotopic (exact) mass is 547 g/mol. The van der Waals surface area contributed by atoms with Crippen molar-refractivity contribution in [1.82, 2.24) is 10.3 Å². The van der Waals surface area contributed by atoms with Gasteiger partial charge in [0.15, 0.2) is 5.11 Å². The van der Waals surface area contributed by atoms with Gasteiger partial charge in [-0.25, -0.2) is 4.79 Å². The summed E-state index contributed by atoms with van der Waals surface area (Å²) >= 11 is 9.38. The number of ether oxygens (including phenoxy) is 1. The molecule has 3 heterocycles. The Bertz CT molecular complexity index is 1390. The Kier molecular flexibility index (Phi) is 6.40. The molecule has 0 aliphatic carbocycles. The molecule has 0 saturated carbocycles. The van der Waals surface area contributed by atoms with Crippen LogP contribution in [-0.2, 0) is 4.74 Å². The van der Waals surface area contributed by atoms with Gasteiger partial charge in [-0.15, -0.1) is 0 Å². The molecule has 8 heteroatoms. The third-order valence-electron chi connectivity index (χ3n) is 6.03. The molecule has 0 radical (unpaired) electrons. The Morgan fingerprint density at radius 1 is 1.11 bits per heavy atom. The van der Waals surface area contributed by atoms with E-state index in [0.717, 1.165) is 32.7 Å². The number of aryl methyl sites for hydroxylation is 1. The number of furan rings is 1. The number of carbonyl (C=O) groups excluding carboxylic acids is 1. The van der Waals surface area contributed by atoms with Crippen LogP contribution in [0.4, 0.5) is 5.69 Å². The van der Waals surface area contributed by atoms with Gasteiger partial charge in [-0.2, -0.15) is 0 Å². The number of nitrogens with zero attached hydrogens (tertiary/aromatic N) is 2. The van der Waals surface area contributed by atoms with Crippen molar-refractivity contribution in [3.8, 4) is 11.3 Å². The van der Waals surface area contributed by atoms with E-state index in [0.29, 0.717) is 16.4 Å². The number of thiocarbonyl (C=S) groups is 1. The van der Waals surface area contributed by atoms with Crippen molar-refractivity contribution in [3.05, 3.63) is 106 Å². The lowest BCUT2D eigenvalue weighted by Crippen LogP contribution is -2.29. The first-order valence-corrected chi connectivity index (χ1v) is 12.2. The van der Waals surface area contributed by atoms with Gasteiger partial charge < -0.3 is 19.4 Å². The van der Waals surface area contributed by atoms with E-state index in [-0.39, 0.29) is 18.1 Å². The zero-order chi connectivity index (χ0) is 24.5. The number of hydrogen-bond donors (Lipinski definition) is 1. The number of rotatable bonds is 5. The van der Waals surface area contributed by atoms with E-state index in [1.807, 2.05) is 61.5 Å². The molecule has 2 atom stereocenters. The van der Waals surface area contributed by atoms with E-state index in [1.165, 1.54) is 7.11 Å². The minimum absolute atomic E-state index is 0.201. The molecule has 6 nitrogen and oxygen atoms in total. The van der Waals surface area contributed by atoms with Crippen molar-refractivity contribution in [2.45, 2.75) is 19.0 Å². The van der Waals surface area contributed by atoms with E-state index < -0.39 is 0 Å². The van der Waals surface area contributed by atoms with Crippen LogP contribution in [0.5, 0.6) is 0 Å². The molecule has 0 spiro atoms. The first-order valence-electron chi connectivity index (χ1n) is 11.0. The van der Waals surface area contributed by atoms with Crippen LogP contribution >= 0.6 is 28.1 Å². The number of pyridine rings is 1. The third kappa shape index (κ3) is 4.47. The Morgan fingerprint density at radius 3 is 2.60 bits per heavy atom. The van der Waals surface area contributed by atoms with E-state index in [1.54, 1.807) is 18.3 Å². The summed E-state index contributed by atoms with van der Waals surface area (Å²) < 4.78 is 12.2. The van der Waals surface area contributed by atoms with Crippen LogP contribution in [-0.4, -0.2) is 23.2 Å². The summed E-state index contributed by atoms with van der Waals surface area (Å²) in [6, 6.07) is 22.6. The minimum atomic E-state index is -0.374. The highest BCUT2D eigenvalue weighted by Crippen LogP contribution is 2.43. The Hall–Kier alpha value is -3.49. The number of carbonyl (C=O) groups is 1. The minimum Gasteiger partial charge on any atom is -0.465 e. The van der Waals surface area contributed by atoms with Gasteiger partial charge in [-0.3, -0.25) is 4.98 Å². The van der Waals surface area contributed by atoms with Crippen LogP contribution in [0.3, 0.4) is 0 Å². The first-order chi connectivity index (χ1) is 17.0. The van der Waals surface area contributed by atoms with Gasteiger partial charge in [0.1, 0.15) is 17.6 Å². The van der Waals surface area contributed by atoms with E-state index in [2.05, 4.69) is 37.2 Å². The predicted octanol–water partition coefficient (Wildman–Crippen LogP) is 6.38. The number of hydrogen-bond acceptors (Lipinski definition) is 5. The molecule has 4 aromatic rings. The molecule has 0 bridgehead atoms. The van der Waals surface area contributed by atoms with Crippen molar-refractivity contribution in [3.63, 3.8) is 0 Å². The summed E-state index contributed by atoms with van der Waals surface area (Å²) in [5.41, 5.74) is 4.29. The second kappa shape index (κ2) is 9.64. The summed E-state index contributed by atoms with van der Waals surface area (Å²) in [5, 5.41) is 4.05. The van der Waals surface area contributed by atoms with Crippen molar-refractivity contribution in [2.24, 2.45) is 0 Å². The highest BCUT2D eigenvalue weighted by atomic mass is 79.9. The topological polar surface area (TPSA) is 67.6 Å². The van der Waals surface area contributed by atoms with Gasteiger partial charge in [0, 0.05) is 21.9 Å². The fourth-order valence-corrected chi connectivity index (χ4v) is 4.85. The Balaban J connectivity index is 1.55. The van der Waals surface area contributed by atoms with Gasteiger partial charge in [0.2, 0.25) is 0 Å². The fourth-order valence-electron chi connectivity index (χ4n) is 4.26. The quantitative estimate of drug-likeness (QED) is 0.230. The van der Waals surface area contributed by atoms with Crippen molar-refractivity contribution >= 4 is 44.9 Å². The second-order valence-electron chi connectivity index (χ2n) is 8.20. The normalized spacial score (nSPS) is 17.3. The molecular formula is C27H22BrN3O3S. The van der Waals surface area contributed by atoms with Crippen molar-refractivity contribution in [2.75, 3.05) is 12.0 Å². The first kappa shape index (κ1) is 23.3. The molecule has 35 heavy (non-hydrogen) atoms. The zero-order valence-electron chi connectivity index (χ0n) is 19.1. The molecule has 1 aliphatic rings. The lowest BCUT2D eigenvalue weighted by atomic mass is 10.0. The number of esters is 1. The van der Waals surface area contributed by atoms with Gasteiger partial charge in [-0.1, -0.05) is 34.1 Å². The number of methoxy groups -OCH3 is 1. The maximum absolute atomic E-state index is 11.8.